The molecule has 2 rings (SSSR count). The van der Waals surface area contributed by atoms with Crippen molar-refractivity contribution in [2.45, 2.75) is 20.8 Å². The molecule has 1 amide bonds. The van der Waals surface area contributed by atoms with Gasteiger partial charge in [0.15, 0.2) is 0 Å². The molecule has 0 radical (unpaired) electrons. The summed E-state index contributed by atoms with van der Waals surface area (Å²) in [7, 11) is 0. The molecule has 4 heteroatoms. The lowest BCUT2D eigenvalue weighted by atomic mass is 10.1. The minimum Gasteiger partial charge on any atom is -0.361 e. The zero-order chi connectivity index (χ0) is 12.4. The van der Waals surface area contributed by atoms with E-state index in [0.29, 0.717) is 11.3 Å². The molecule has 0 spiro atoms. The summed E-state index contributed by atoms with van der Waals surface area (Å²) in [6.45, 7) is 5.69. The first-order valence-corrected chi connectivity index (χ1v) is 5.38. The number of nitrogens with one attached hydrogen (secondary N) is 1. The van der Waals surface area contributed by atoms with Crippen molar-refractivity contribution in [3.05, 3.63) is 46.8 Å². The van der Waals surface area contributed by atoms with E-state index in [-0.39, 0.29) is 5.91 Å². The van der Waals surface area contributed by atoms with E-state index >= 15 is 0 Å². The first-order valence-electron chi connectivity index (χ1n) is 5.38. The Hall–Kier alpha value is -2.10. The van der Waals surface area contributed by atoms with Crippen molar-refractivity contribution in [1.82, 2.24) is 5.16 Å². The molecule has 88 valence electrons. The lowest BCUT2D eigenvalue weighted by molar-refractivity contribution is 0.102. The van der Waals surface area contributed by atoms with Crippen LogP contribution in [-0.4, -0.2) is 11.1 Å². The van der Waals surface area contributed by atoms with Gasteiger partial charge in [-0.1, -0.05) is 22.9 Å². The van der Waals surface area contributed by atoms with Crippen molar-refractivity contribution in [2.75, 3.05) is 5.32 Å². The maximum atomic E-state index is 11.9. The highest BCUT2D eigenvalue weighted by Gasteiger charge is 2.13. The van der Waals surface area contributed by atoms with E-state index < -0.39 is 0 Å². The largest absolute Gasteiger partial charge is 0.361 e. The number of hydrogen-bond acceptors (Lipinski definition) is 3. The Labute approximate surface area is 99.6 Å². The van der Waals surface area contributed by atoms with Crippen LogP contribution in [0.4, 0.5) is 5.69 Å². The molecule has 0 saturated carbocycles. The molecule has 0 unspecified atom stereocenters. The van der Waals surface area contributed by atoms with Crippen LogP contribution in [0.15, 0.2) is 28.9 Å². The summed E-state index contributed by atoms with van der Waals surface area (Å²) in [6, 6.07) is 5.88. The van der Waals surface area contributed by atoms with Gasteiger partial charge in [-0.2, -0.15) is 0 Å². The number of aryl methyl sites for hydroxylation is 3. The Morgan fingerprint density at radius 2 is 2.06 bits per heavy atom. The summed E-state index contributed by atoms with van der Waals surface area (Å²) in [4.78, 5) is 11.9. The smallest absolute Gasteiger partial charge is 0.260 e. The quantitative estimate of drug-likeness (QED) is 0.863. The molecule has 0 aliphatic heterocycles. The number of anilines is 1. The summed E-state index contributed by atoms with van der Waals surface area (Å²) in [5.41, 5.74) is 3.47. The van der Waals surface area contributed by atoms with Gasteiger partial charge in [0.25, 0.3) is 5.91 Å². The van der Waals surface area contributed by atoms with Crippen LogP contribution in [0.1, 0.15) is 27.2 Å². The van der Waals surface area contributed by atoms with Gasteiger partial charge in [0, 0.05) is 5.69 Å². The van der Waals surface area contributed by atoms with Crippen LogP contribution in [-0.2, 0) is 0 Å². The number of rotatable bonds is 2. The van der Waals surface area contributed by atoms with E-state index in [1.54, 1.807) is 6.92 Å². The highest BCUT2D eigenvalue weighted by molar-refractivity contribution is 6.05. The second kappa shape index (κ2) is 4.41. The summed E-state index contributed by atoms with van der Waals surface area (Å²) < 4.78 is 4.86. The van der Waals surface area contributed by atoms with Gasteiger partial charge in [-0.05, 0) is 32.4 Å². The lowest BCUT2D eigenvalue weighted by Crippen LogP contribution is -2.13. The van der Waals surface area contributed by atoms with Crippen LogP contribution in [0.5, 0.6) is 0 Å². The van der Waals surface area contributed by atoms with Gasteiger partial charge in [-0.3, -0.25) is 4.79 Å². The van der Waals surface area contributed by atoms with Crippen LogP contribution in [0.2, 0.25) is 0 Å². The summed E-state index contributed by atoms with van der Waals surface area (Å²) in [5, 5.41) is 6.43. The normalized spacial score (nSPS) is 10.3. The Morgan fingerprint density at radius 1 is 1.29 bits per heavy atom. The first-order chi connectivity index (χ1) is 8.08. The molecule has 0 aliphatic rings. The highest BCUT2D eigenvalue weighted by atomic mass is 16.5. The second-order valence-corrected chi connectivity index (χ2v) is 4.07. The van der Waals surface area contributed by atoms with Crippen LogP contribution in [0.3, 0.4) is 0 Å². The molecular weight excluding hydrogens is 216 g/mol. The molecule has 1 N–H and O–H groups in total. The average molecular weight is 230 g/mol. The highest BCUT2D eigenvalue weighted by Crippen LogP contribution is 2.17. The topological polar surface area (TPSA) is 55.1 Å². The maximum Gasteiger partial charge on any atom is 0.260 e. The fraction of sp³-hybridized carbons (Fsp3) is 0.231. The zero-order valence-corrected chi connectivity index (χ0v) is 10.1. The van der Waals surface area contributed by atoms with Crippen molar-refractivity contribution in [3.63, 3.8) is 0 Å². The summed E-state index contributed by atoms with van der Waals surface area (Å²) >= 11 is 0. The SMILES string of the molecule is Cc1ccc(NC(=O)c2cnoc2C)c(C)c1. The fourth-order valence-electron chi connectivity index (χ4n) is 1.66. The molecule has 4 nitrogen and oxygen atoms in total. The van der Waals surface area contributed by atoms with Crippen LogP contribution >= 0.6 is 0 Å². The van der Waals surface area contributed by atoms with Gasteiger partial charge in [-0.25, -0.2) is 0 Å². The molecule has 0 saturated heterocycles. The van der Waals surface area contributed by atoms with E-state index in [0.717, 1.165) is 11.3 Å². The number of aromatic nitrogens is 1. The zero-order valence-electron chi connectivity index (χ0n) is 10.1. The molecule has 1 heterocycles. The number of benzene rings is 1. The van der Waals surface area contributed by atoms with Crippen molar-refractivity contribution < 1.29 is 9.32 Å². The summed E-state index contributed by atoms with van der Waals surface area (Å²) in [5.74, 6) is 0.322. The van der Waals surface area contributed by atoms with Gasteiger partial charge in [0.05, 0.1) is 6.20 Å². The van der Waals surface area contributed by atoms with Crippen molar-refractivity contribution in [1.29, 1.82) is 0 Å². The van der Waals surface area contributed by atoms with Crippen molar-refractivity contribution in [2.24, 2.45) is 0 Å². The van der Waals surface area contributed by atoms with E-state index in [9.17, 15) is 4.79 Å². The molecule has 1 aromatic carbocycles. The Bertz CT molecular complexity index is 558. The number of carbonyl (C=O) groups excluding carboxylic acids is 1. The van der Waals surface area contributed by atoms with Gasteiger partial charge < -0.3 is 9.84 Å². The van der Waals surface area contributed by atoms with Gasteiger partial charge in [0.2, 0.25) is 0 Å². The third kappa shape index (κ3) is 2.36. The third-order valence-corrected chi connectivity index (χ3v) is 2.63. The van der Waals surface area contributed by atoms with E-state index in [2.05, 4.69) is 10.5 Å². The Kier molecular flexibility index (Phi) is 2.95. The summed E-state index contributed by atoms with van der Waals surface area (Å²) in [6.07, 6.45) is 1.42. The molecule has 0 aliphatic carbocycles. The van der Waals surface area contributed by atoms with Crippen LogP contribution in [0.25, 0.3) is 0 Å². The predicted molar refractivity (Wildman–Crippen MR) is 65.1 cm³/mol. The minimum atomic E-state index is -0.198. The second-order valence-electron chi connectivity index (χ2n) is 4.07. The van der Waals surface area contributed by atoms with Crippen molar-refractivity contribution >= 4 is 11.6 Å². The van der Waals surface area contributed by atoms with Crippen LogP contribution < -0.4 is 5.32 Å². The number of carbonyl (C=O) groups is 1. The minimum absolute atomic E-state index is 0.198. The van der Waals surface area contributed by atoms with E-state index in [1.165, 1.54) is 11.8 Å². The molecule has 0 fully saturated rings. The Balaban J connectivity index is 2.22. The van der Waals surface area contributed by atoms with Crippen molar-refractivity contribution in [3.8, 4) is 0 Å². The Morgan fingerprint density at radius 3 is 2.65 bits per heavy atom. The van der Waals surface area contributed by atoms with Gasteiger partial charge in [0.1, 0.15) is 11.3 Å². The predicted octanol–water partition coefficient (Wildman–Crippen LogP) is 2.85. The number of hydrogen-bond donors (Lipinski definition) is 1. The number of nitrogens with zero attached hydrogens (tertiary/aromatic N) is 1. The first kappa shape index (κ1) is 11.4. The monoisotopic (exact) mass is 230 g/mol. The molecule has 17 heavy (non-hydrogen) atoms. The molecule has 0 bridgehead atoms. The third-order valence-electron chi connectivity index (χ3n) is 2.63. The van der Waals surface area contributed by atoms with Crippen LogP contribution in [0, 0.1) is 20.8 Å². The lowest BCUT2D eigenvalue weighted by Gasteiger charge is -2.08. The van der Waals surface area contributed by atoms with E-state index in [4.69, 9.17) is 4.52 Å². The maximum absolute atomic E-state index is 11.9. The van der Waals surface area contributed by atoms with Gasteiger partial charge in [-0.15, -0.1) is 0 Å². The average Bonchev–Trinajstić information content (AvgIpc) is 2.68. The molecule has 1 aromatic heterocycles. The van der Waals surface area contributed by atoms with E-state index in [1.807, 2.05) is 32.0 Å². The standard InChI is InChI=1S/C13H14N2O2/c1-8-4-5-12(9(2)6-8)15-13(16)11-7-14-17-10(11)3/h4-7H,1-3H3,(H,15,16). The number of amides is 1. The molecule has 0 atom stereocenters. The molecule has 2 aromatic rings. The van der Waals surface area contributed by atoms with Gasteiger partial charge >= 0.3 is 0 Å². The molecular formula is C13H14N2O2. The fourth-order valence-corrected chi connectivity index (χ4v) is 1.66.